The number of hydrogen-bond donors (Lipinski definition) is 3. The summed E-state index contributed by atoms with van der Waals surface area (Å²) in [5.41, 5.74) is 2.41. The maximum Gasteiger partial charge on any atom is 0.258 e. The van der Waals surface area contributed by atoms with Crippen LogP contribution in [0.3, 0.4) is 0 Å². The summed E-state index contributed by atoms with van der Waals surface area (Å²) in [7, 11) is 1.90. The van der Waals surface area contributed by atoms with E-state index < -0.39 is 0 Å². The van der Waals surface area contributed by atoms with Crippen molar-refractivity contribution in [1.82, 2.24) is 10.3 Å². The van der Waals surface area contributed by atoms with Gasteiger partial charge < -0.3 is 16.0 Å². The van der Waals surface area contributed by atoms with Gasteiger partial charge in [-0.25, -0.2) is 0 Å². The molecule has 0 radical (unpaired) electrons. The Morgan fingerprint density at radius 1 is 1.11 bits per heavy atom. The van der Waals surface area contributed by atoms with Crippen LogP contribution >= 0.6 is 39.1 Å². The Kier molecular flexibility index (Phi) is 6.55. The van der Waals surface area contributed by atoms with Gasteiger partial charge in [-0.15, -0.1) is 0 Å². The topological polar surface area (TPSA) is 66.1 Å². The van der Waals surface area contributed by atoms with Crippen LogP contribution in [0.15, 0.2) is 47.1 Å². The first-order chi connectivity index (χ1) is 13.0. The van der Waals surface area contributed by atoms with Gasteiger partial charge in [-0.05, 0) is 41.2 Å². The molecule has 0 atom stereocenters. The number of carbonyl (C=O) groups is 1. The fourth-order valence-electron chi connectivity index (χ4n) is 2.69. The van der Waals surface area contributed by atoms with Crippen LogP contribution in [0, 0.1) is 0 Å². The fraction of sp³-hybridized carbons (Fsp3) is 0.158. The van der Waals surface area contributed by atoms with E-state index >= 15 is 0 Å². The van der Waals surface area contributed by atoms with Crippen LogP contribution in [0.1, 0.15) is 10.4 Å². The van der Waals surface area contributed by atoms with Gasteiger partial charge in [0, 0.05) is 24.7 Å². The number of hydrogen-bond acceptors (Lipinski definition) is 4. The van der Waals surface area contributed by atoms with E-state index in [1.54, 1.807) is 30.5 Å². The predicted molar refractivity (Wildman–Crippen MR) is 116 cm³/mol. The molecule has 3 rings (SSSR count). The summed E-state index contributed by atoms with van der Waals surface area (Å²) in [5, 5.41) is 10.8. The normalized spacial score (nSPS) is 10.8. The molecule has 0 saturated heterocycles. The largest absolute Gasteiger partial charge is 0.382 e. The van der Waals surface area contributed by atoms with Crippen molar-refractivity contribution in [2.75, 3.05) is 30.8 Å². The molecule has 3 N–H and O–H groups in total. The zero-order valence-electron chi connectivity index (χ0n) is 14.4. The molecular weight excluding hydrogens is 451 g/mol. The number of halogens is 3. The molecule has 0 spiro atoms. The van der Waals surface area contributed by atoms with Crippen LogP contribution in [-0.4, -0.2) is 31.0 Å². The minimum atomic E-state index is -0.382. The lowest BCUT2D eigenvalue weighted by atomic mass is 10.1. The SMILES string of the molecule is CNCCNc1c(Br)cnc2c(NC(=O)c3c(Cl)cccc3Cl)cccc12. The molecule has 2 aromatic carbocycles. The van der Waals surface area contributed by atoms with Crippen molar-refractivity contribution in [3.05, 3.63) is 62.7 Å². The second-order valence-electron chi connectivity index (χ2n) is 5.76. The Labute approximate surface area is 175 Å². The summed E-state index contributed by atoms with van der Waals surface area (Å²) >= 11 is 15.8. The van der Waals surface area contributed by atoms with Crippen molar-refractivity contribution >= 4 is 67.3 Å². The Hall–Kier alpha value is -1.86. The highest BCUT2D eigenvalue weighted by atomic mass is 79.9. The van der Waals surface area contributed by atoms with Crippen LogP contribution in [0.5, 0.6) is 0 Å². The zero-order chi connectivity index (χ0) is 19.4. The molecule has 1 aromatic heterocycles. The summed E-state index contributed by atoms with van der Waals surface area (Å²) in [6.45, 7) is 1.57. The highest BCUT2D eigenvalue weighted by molar-refractivity contribution is 9.10. The Bertz CT molecular complexity index is 977. The number of benzene rings is 2. The van der Waals surface area contributed by atoms with Crippen LogP contribution in [-0.2, 0) is 0 Å². The molecular formula is C19H17BrCl2N4O. The quantitative estimate of drug-likeness (QED) is 0.436. The first-order valence-electron chi connectivity index (χ1n) is 8.24. The lowest BCUT2D eigenvalue weighted by molar-refractivity contribution is 0.102. The van der Waals surface area contributed by atoms with Crippen LogP contribution in [0.2, 0.25) is 10.0 Å². The van der Waals surface area contributed by atoms with Crippen molar-refractivity contribution in [2.45, 2.75) is 0 Å². The van der Waals surface area contributed by atoms with Crippen molar-refractivity contribution in [3.63, 3.8) is 0 Å². The van der Waals surface area contributed by atoms with Crippen molar-refractivity contribution < 1.29 is 4.79 Å². The van der Waals surface area contributed by atoms with Crippen molar-refractivity contribution in [2.24, 2.45) is 0 Å². The molecule has 1 heterocycles. The average molecular weight is 468 g/mol. The Morgan fingerprint density at radius 3 is 2.52 bits per heavy atom. The number of fused-ring (bicyclic) bond motifs is 1. The van der Waals surface area contributed by atoms with Crippen LogP contribution in [0.25, 0.3) is 10.9 Å². The summed E-state index contributed by atoms with van der Waals surface area (Å²) < 4.78 is 0.851. The molecule has 27 heavy (non-hydrogen) atoms. The molecule has 5 nitrogen and oxygen atoms in total. The number of para-hydroxylation sites is 1. The summed E-state index contributed by atoms with van der Waals surface area (Å²) in [4.78, 5) is 17.2. The number of nitrogens with one attached hydrogen (secondary N) is 3. The van der Waals surface area contributed by atoms with Gasteiger partial charge in [0.05, 0.1) is 37.0 Å². The maximum absolute atomic E-state index is 12.7. The second kappa shape index (κ2) is 8.89. The number of nitrogens with zero attached hydrogens (tertiary/aromatic N) is 1. The van der Waals surface area contributed by atoms with E-state index in [4.69, 9.17) is 23.2 Å². The van der Waals surface area contributed by atoms with Gasteiger partial charge in [-0.3, -0.25) is 9.78 Å². The number of carbonyl (C=O) groups excluding carboxylic acids is 1. The molecule has 0 saturated carbocycles. The number of rotatable bonds is 6. The second-order valence-corrected chi connectivity index (χ2v) is 7.43. The number of aromatic nitrogens is 1. The number of likely N-dealkylation sites (N-methyl/N-ethyl adjacent to an activating group) is 1. The standard InChI is InChI=1S/C19H17BrCl2N4O/c1-23-8-9-24-17-11-4-2-7-15(18(11)25-10-12(17)20)26-19(27)16-13(21)5-3-6-14(16)22/h2-7,10,23H,8-9H2,1H3,(H,24,25)(H,26,27). The van der Waals surface area contributed by atoms with Crippen molar-refractivity contribution in [1.29, 1.82) is 0 Å². The van der Waals surface area contributed by atoms with Gasteiger partial charge in [0.15, 0.2) is 0 Å². The van der Waals surface area contributed by atoms with E-state index in [2.05, 4.69) is 36.9 Å². The monoisotopic (exact) mass is 466 g/mol. The van der Waals surface area contributed by atoms with Gasteiger partial charge in [-0.2, -0.15) is 0 Å². The third-order valence-electron chi connectivity index (χ3n) is 3.97. The number of pyridine rings is 1. The Morgan fingerprint density at radius 2 is 1.81 bits per heavy atom. The first-order valence-corrected chi connectivity index (χ1v) is 9.79. The number of amides is 1. The van der Waals surface area contributed by atoms with Crippen LogP contribution in [0.4, 0.5) is 11.4 Å². The molecule has 0 fully saturated rings. The zero-order valence-corrected chi connectivity index (χ0v) is 17.5. The van der Waals surface area contributed by atoms with Crippen LogP contribution < -0.4 is 16.0 Å². The lowest BCUT2D eigenvalue weighted by Gasteiger charge is -2.14. The van der Waals surface area contributed by atoms with Crippen molar-refractivity contribution in [3.8, 4) is 0 Å². The summed E-state index contributed by atoms with van der Waals surface area (Å²) in [6.07, 6.45) is 1.71. The minimum absolute atomic E-state index is 0.238. The molecule has 0 unspecified atom stereocenters. The van der Waals surface area contributed by atoms with Gasteiger partial charge >= 0.3 is 0 Å². The molecule has 0 aliphatic heterocycles. The molecule has 3 aromatic rings. The maximum atomic E-state index is 12.7. The highest BCUT2D eigenvalue weighted by Crippen LogP contribution is 2.34. The summed E-state index contributed by atoms with van der Waals surface area (Å²) in [6, 6.07) is 10.6. The molecule has 140 valence electrons. The first kappa shape index (κ1) is 19.9. The van der Waals surface area contributed by atoms with Gasteiger partial charge in [-0.1, -0.05) is 41.4 Å². The lowest BCUT2D eigenvalue weighted by Crippen LogP contribution is -2.18. The van der Waals surface area contributed by atoms with Gasteiger partial charge in [0.2, 0.25) is 0 Å². The number of anilines is 2. The molecule has 0 aliphatic carbocycles. The fourth-order valence-corrected chi connectivity index (χ4v) is 3.72. The molecule has 0 aliphatic rings. The minimum Gasteiger partial charge on any atom is -0.382 e. The van der Waals surface area contributed by atoms with Gasteiger partial charge in [0.1, 0.15) is 0 Å². The highest BCUT2D eigenvalue weighted by Gasteiger charge is 2.17. The smallest absolute Gasteiger partial charge is 0.258 e. The molecule has 0 bridgehead atoms. The van der Waals surface area contributed by atoms with E-state index in [0.717, 1.165) is 28.6 Å². The molecule has 8 heteroatoms. The van der Waals surface area contributed by atoms with E-state index in [1.165, 1.54) is 0 Å². The third kappa shape index (κ3) is 4.35. The molecule has 1 amide bonds. The van der Waals surface area contributed by atoms with E-state index in [1.807, 2.05) is 19.2 Å². The third-order valence-corrected chi connectivity index (χ3v) is 5.20. The average Bonchev–Trinajstić information content (AvgIpc) is 2.63. The summed E-state index contributed by atoms with van der Waals surface area (Å²) in [5.74, 6) is -0.382. The van der Waals surface area contributed by atoms with E-state index in [0.29, 0.717) is 21.2 Å². The predicted octanol–water partition coefficient (Wildman–Crippen LogP) is 5.19. The Balaban J connectivity index is 1.98. The van der Waals surface area contributed by atoms with E-state index in [9.17, 15) is 4.79 Å². The van der Waals surface area contributed by atoms with Gasteiger partial charge in [0.25, 0.3) is 5.91 Å². The van der Waals surface area contributed by atoms with E-state index in [-0.39, 0.29) is 11.5 Å².